The van der Waals surface area contributed by atoms with Gasteiger partial charge in [-0.2, -0.15) is 0 Å². The van der Waals surface area contributed by atoms with Crippen molar-refractivity contribution in [2.24, 2.45) is 0 Å². The fourth-order valence-corrected chi connectivity index (χ4v) is 3.11. The van der Waals surface area contributed by atoms with E-state index in [0.717, 1.165) is 6.33 Å². The zero-order valence-corrected chi connectivity index (χ0v) is 18.8. The Balaban J connectivity index is 1.69. The van der Waals surface area contributed by atoms with E-state index < -0.39 is 23.1 Å². The van der Waals surface area contributed by atoms with E-state index in [9.17, 15) is 14.9 Å². The summed E-state index contributed by atoms with van der Waals surface area (Å²) >= 11 is 23.6. The van der Waals surface area contributed by atoms with Crippen LogP contribution in [0.15, 0.2) is 42.7 Å². The smallest absolute Gasteiger partial charge is 0.355 e. The van der Waals surface area contributed by atoms with Gasteiger partial charge in [0, 0.05) is 10.7 Å². The lowest BCUT2D eigenvalue weighted by molar-refractivity contribution is -0.383. The Kier molecular flexibility index (Phi) is 7.75. The molecule has 0 atom stereocenters. The van der Waals surface area contributed by atoms with Gasteiger partial charge in [-0.25, -0.2) is 9.97 Å². The van der Waals surface area contributed by atoms with Gasteiger partial charge < -0.3 is 10.1 Å². The molecule has 0 radical (unpaired) electrons. The highest BCUT2D eigenvalue weighted by Gasteiger charge is 2.24. The molecule has 3 aromatic rings. The van der Waals surface area contributed by atoms with Crippen LogP contribution in [0.4, 0.5) is 23.0 Å². The van der Waals surface area contributed by atoms with Crippen molar-refractivity contribution < 1.29 is 14.5 Å². The van der Waals surface area contributed by atoms with Crippen LogP contribution in [0.3, 0.4) is 0 Å². The van der Waals surface area contributed by atoms with Gasteiger partial charge in [0.25, 0.3) is 5.91 Å². The van der Waals surface area contributed by atoms with Crippen molar-refractivity contribution in [3.8, 4) is 5.75 Å². The summed E-state index contributed by atoms with van der Waals surface area (Å²) in [6.45, 7) is -0.429. The monoisotopic (exact) mass is 516 g/mol. The van der Waals surface area contributed by atoms with Crippen LogP contribution < -0.4 is 20.9 Å². The summed E-state index contributed by atoms with van der Waals surface area (Å²) in [7, 11) is 0. The van der Waals surface area contributed by atoms with Gasteiger partial charge >= 0.3 is 5.69 Å². The third-order valence-electron chi connectivity index (χ3n) is 3.76. The number of aromatic nitrogens is 2. The number of benzene rings is 2. The number of ether oxygens (including phenoxy) is 1. The van der Waals surface area contributed by atoms with Crippen LogP contribution in [0, 0.1) is 10.1 Å². The largest absolute Gasteiger partial charge is 0.482 e. The number of carbonyl (C=O) groups excluding carboxylic acids is 1. The van der Waals surface area contributed by atoms with Crippen LogP contribution in [-0.2, 0) is 4.79 Å². The SMILES string of the molecule is O=C(COc1ccc(Cl)cc1Cl)NNc1ncnc(Nc2ccc(Cl)c(Cl)c2)c1[N+](=O)[O-]. The third-order valence-corrected chi connectivity index (χ3v) is 5.03. The van der Waals surface area contributed by atoms with E-state index in [0.29, 0.717) is 15.7 Å². The molecule has 1 amide bonds. The van der Waals surface area contributed by atoms with Gasteiger partial charge in [0.15, 0.2) is 6.61 Å². The molecule has 1 aromatic heterocycles. The normalized spacial score (nSPS) is 10.4. The number of rotatable bonds is 8. The zero-order valence-electron chi connectivity index (χ0n) is 15.7. The van der Waals surface area contributed by atoms with Gasteiger partial charge in [-0.15, -0.1) is 0 Å². The van der Waals surface area contributed by atoms with Crippen LogP contribution >= 0.6 is 46.4 Å². The number of hydrogen-bond acceptors (Lipinski definition) is 8. The molecule has 14 heteroatoms. The topological polar surface area (TPSA) is 131 Å². The van der Waals surface area contributed by atoms with E-state index >= 15 is 0 Å². The number of nitrogens with one attached hydrogen (secondary N) is 3. The molecule has 32 heavy (non-hydrogen) atoms. The first-order valence-electron chi connectivity index (χ1n) is 8.58. The fourth-order valence-electron chi connectivity index (χ4n) is 2.35. The molecule has 1 heterocycles. The molecular weight excluding hydrogens is 506 g/mol. The summed E-state index contributed by atoms with van der Waals surface area (Å²) < 4.78 is 5.30. The summed E-state index contributed by atoms with van der Waals surface area (Å²) in [5.41, 5.74) is 4.54. The maximum Gasteiger partial charge on any atom is 0.355 e. The molecule has 0 spiro atoms. The van der Waals surface area contributed by atoms with Crippen molar-refractivity contribution in [1.82, 2.24) is 15.4 Å². The molecule has 0 unspecified atom stereocenters. The quantitative estimate of drug-likeness (QED) is 0.272. The van der Waals surface area contributed by atoms with E-state index in [1.54, 1.807) is 12.1 Å². The van der Waals surface area contributed by atoms with Crippen molar-refractivity contribution >= 4 is 75.3 Å². The molecule has 0 saturated heterocycles. The summed E-state index contributed by atoms with van der Waals surface area (Å²) in [4.78, 5) is 30.7. The van der Waals surface area contributed by atoms with Crippen molar-refractivity contribution in [1.29, 1.82) is 0 Å². The molecule has 0 aliphatic carbocycles. The predicted molar refractivity (Wildman–Crippen MR) is 122 cm³/mol. The Morgan fingerprint density at radius 3 is 2.44 bits per heavy atom. The Labute approximate surface area is 200 Å². The highest BCUT2D eigenvalue weighted by molar-refractivity contribution is 6.42. The maximum atomic E-state index is 12.1. The molecule has 3 rings (SSSR count). The van der Waals surface area contributed by atoms with E-state index in [4.69, 9.17) is 51.1 Å². The van der Waals surface area contributed by atoms with Crippen molar-refractivity contribution in [3.05, 3.63) is 72.9 Å². The number of hydrogen-bond donors (Lipinski definition) is 3. The van der Waals surface area contributed by atoms with Crippen LogP contribution in [0.2, 0.25) is 20.1 Å². The Morgan fingerprint density at radius 1 is 1.00 bits per heavy atom. The lowest BCUT2D eigenvalue weighted by Gasteiger charge is -2.12. The maximum absolute atomic E-state index is 12.1. The Morgan fingerprint density at radius 2 is 1.75 bits per heavy atom. The average molecular weight is 518 g/mol. The molecule has 10 nitrogen and oxygen atoms in total. The molecular formula is C18H12Cl4N6O4. The van der Waals surface area contributed by atoms with E-state index in [2.05, 4.69) is 26.1 Å². The number of carbonyl (C=O) groups is 1. The standard InChI is InChI=1S/C18H12Cl4N6O4/c19-9-1-4-14(13(22)5-9)32-7-15(29)26-27-18-16(28(30)31)17(23-8-24-18)25-10-2-3-11(20)12(21)6-10/h1-6,8H,7H2,(H,26,29)(H2,23,24,25,27). The van der Waals surface area contributed by atoms with Gasteiger partial charge in [-0.3, -0.25) is 25.8 Å². The van der Waals surface area contributed by atoms with Crippen LogP contribution in [0.25, 0.3) is 0 Å². The molecule has 0 aliphatic rings. The second-order valence-corrected chi connectivity index (χ2v) is 7.63. The molecule has 0 fully saturated rings. The van der Waals surface area contributed by atoms with Gasteiger partial charge in [0.1, 0.15) is 12.1 Å². The first-order valence-corrected chi connectivity index (χ1v) is 10.1. The number of nitro groups is 1. The minimum atomic E-state index is -0.710. The molecule has 0 bridgehead atoms. The fraction of sp³-hybridized carbons (Fsp3) is 0.0556. The summed E-state index contributed by atoms with van der Waals surface area (Å²) in [5.74, 6) is -0.801. The van der Waals surface area contributed by atoms with E-state index in [1.165, 1.54) is 24.3 Å². The van der Waals surface area contributed by atoms with E-state index in [-0.39, 0.29) is 27.4 Å². The lowest BCUT2D eigenvalue weighted by Crippen LogP contribution is -2.34. The van der Waals surface area contributed by atoms with Crippen molar-refractivity contribution in [2.45, 2.75) is 0 Å². The minimum absolute atomic E-state index is 0.135. The Hall–Kier alpha value is -3.05. The van der Waals surface area contributed by atoms with Crippen LogP contribution in [0.1, 0.15) is 0 Å². The molecule has 3 N–H and O–H groups in total. The zero-order chi connectivity index (χ0) is 23.3. The van der Waals surface area contributed by atoms with Gasteiger partial charge in [0.2, 0.25) is 11.6 Å². The number of halogens is 4. The summed E-state index contributed by atoms with van der Waals surface area (Å²) in [6, 6.07) is 9.07. The minimum Gasteiger partial charge on any atom is -0.482 e. The molecule has 0 saturated carbocycles. The van der Waals surface area contributed by atoms with Crippen LogP contribution in [-0.4, -0.2) is 27.4 Å². The third kappa shape index (κ3) is 6.01. The second kappa shape index (κ2) is 10.5. The van der Waals surface area contributed by atoms with Gasteiger partial charge in [-0.1, -0.05) is 46.4 Å². The number of amides is 1. The highest BCUT2D eigenvalue weighted by atomic mass is 35.5. The number of hydrazine groups is 1. The van der Waals surface area contributed by atoms with E-state index in [1.807, 2.05) is 0 Å². The molecule has 0 aliphatic heterocycles. The van der Waals surface area contributed by atoms with Crippen LogP contribution in [0.5, 0.6) is 5.75 Å². The first kappa shape index (κ1) is 23.6. The highest BCUT2D eigenvalue weighted by Crippen LogP contribution is 2.33. The van der Waals surface area contributed by atoms with Crippen molar-refractivity contribution in [3.63, 3.8) is 0 Å². The first-order chi connectivity index (χ1) is 15.2. The summed E-state index contributed by atoms with van der Waals surface area (Å²) in [6.07, 6.45) is 1.07. The lowest BCUT2D eigenvalue weighted by atomic mass is 10.3. The van der Waals surface area contributed by atoms with Gasteiger partial charge in [0.05, 0.1) is 20.0 Å². The predicted octanol–water partition coefficient (Wildman–Crippen LogP) is 5.26. The second-order valence-electron chi connectivity index (χ2n) is 5.97. The number of anilines is 3. The van der Waals surface area contributed by atoms with Crippen molar-refractivity contribution in [2.75, 3.05) is 17.3 Å². The Bertz CT molecular complexity index is 1180. The molecule has 166 valence electrons. The summed E-state index contributed by atoms with van der Waals surface area (Å²) in [5, 5.41) is 15.6. The number of nitrogens with zero attached hydrogens (tertiary/aromatic N) is 3. The molecule has 2 aromatic carbocycles. The average Bonchev–Trinajstić information content (AvgIpc) is 2.74. The van der Waals surface area contributed by atoms with Gasteiger partial charge in [-0.05, 0) is 36.4 Å².